The van der Waals surface area contributed by atoms with Crippen LogP contribution in [0.3, 0.4) is 0 Å². The van der Waals surface area contributed by atoms with Gasteiger partial charge in [-0.25, -0.2) is 8.78 Å². The first-order valence-corrected chi connectivity index (χ1v) is 11.5. The van der Waals surface area contributed by atoms with Crippen molar-refractivity contribution in [1.29, 1.82) is 5.26 Å². The van der Waals surface area contributed by atoms with E-state index in [1.165, 1.54) is 18.2 Å². The van der Waals surface area contributed by atoms with E-state index in [1.54, 1.807) is 18.2 Å². The molecule has 3 rings (SSSR count). The van der Waals surface area contributed by atoms with Crippen LogP contribution in [0.5, 0.6) is 0 Å². The quantitative estimate of drug-likeness (QED) is 0.228. The van der Waals surface area contributed by atoms with Crippen LogP contribution < -0.4 is 10.2 Å². The Balaban J connectivity index is 2.07. The second-order valence-corrected chi connectivity index (χ2v) is 8.79. The molecule has 0 fully saturated rings. The Morgan fingerprint density at radius 1 is 0.875 bits per heavy atom. The SMILES string of the molecule is N#CCN(C(=O)c1cccc(NC(=O)c2ccccc2)c1F)c1c(Cl)cc(C(F)(C(F)(F)F)C(F)(F)F)cc1Cl. The number of benzene rings is 3. The van der Waals surface area contributed by atoms with Crippen LogP contribution in [0.1, 0.15) is 26.3 Å². The molecule has 210 valence electrons. The van der Waals surface area contributed by atoms with E-state index >= 15 is 4.39 Å². The van der Waals surface area contributed by atoms with Crippen molar-refractivity contribution in [2.75, 3.05) is 16.8 Å². The molecule has 2 amide bonds. The zero-order chi connectivity index (χ0) is 30.0. The number of alkyl halides is 7. The van der Waals surface area contributed by atoms with Gasteiger partial charge < -0.3 is 5.32 Å². The largest absolute Gasteiger partial charge is 0.435 e. The van der Waals surface area contributed by atoms with Gasteiger partial charge in [-0.3, -0.25) is 14.5 Å². The number of nitrogens with zero attached hydrogens (tertiary/aromatic N) is 2. The summed E-state index contributed by atoms with van der Waals surface area (Å²) in [5.41, 5.74) is -9.81. The van der Waals surface area contributed by atoms with Gasteiger partial charge in [-0.1, -0.05) is 47.5 Å². The minimum Gasteiger partial charge on any atom is -0.319 e. The van der Waals surface area contributed by atoms with Crippen molar-refractivity contribution < 1.29 is 44.7 Å². The number of carbonyl (C=O) groups excluding carboxylic acids is 2. The maximum Gasteiger partial charge on any atom is 0.435 e. The summed E-state index contributed by atoms with van der Waals surface area (Å²) in [6.07, 6.45) is -13.0. The summed E-state index contributed by atoms with van der Waals surface area (Å²) in [5.74, 6) is -3.39. The van der Waals surface area contributed by atoms with E-state index in [4.69, 9.17) is 23.2 Å². The fourth-order valence-corrected chi connectivity index (χ4v) is 4.25. The molecule has 0 unspecified atom stereocenters. The monoisotopic (exact) mass is 609 g/mol. The molecule has 0 atom stereocenters. The number of nitriles is 1. The number of carbonyl (C=O) groups is 2. The van der Waals surface area contributed by atoms with Crippen molar-refractivity contribution in [3.05, 3.63) is 93.2 Å². The lowest BCUT2D eigenvalue weighted by Gasteiger charge is -2.31. The summed E-state index contributed by atoms with van der Waals surface area (Å²) in [6.45, 7) is -0.961. The van der Waals surface area contributed by atoms with Gasteiger partial charge >= 0.3 is 18.0 Å². The maximum atomic E-state index is 15.3. The number of amides is 2. The Bertz CT molecular complexity index is 1450. The first kappa shape index (κ1) is 30.6. The molecule has 3 aromatic rings. The zero-order valence-electron chi connectivity index (χ0n) is 19.5. The van der Waals surface area contributed by atoms with Crippen LogP contribution in [0.15, 0.2) is 60.7 Å². The highest BCUT2D eigenvalue weighted by atomic mass is 35.5. The topological polar surface area (TPSA) is 73.2 Å². The summed E-state index contributed by atoms with van der Waals surface area (Å²) in [7, 11) is 0. The fraction of sp³-hybridized carbons (Fsp3) is 0.160. The molecule has 0 saturated carbocycles. The third-order valence-corrected chi connectivity index (χ3v) is 6.03. The van der Waals surface area contributed by atoms with E-state index in [0.717, 1.165) is 18.2 Å². The predicted molar refractivity (Wildman–Crippen MR) is 129 cm³/mol. The van der Waals surface area contributed by atoms with Gasteiger partial charge in [0, 0.05) is 11.1 Å². The third-order valence-electron chi connectivity index (χ3n) is 5.45. The average molecular weight is 610 g/mol. The molecular formula is C25H13Cl2F8N3O2. The number of hydrogen-bond acceptors (Lipinski definition) is 3. The number of hydrogen-bond donors (Lipinski definition) is 1. The molecule has 0 radical (unpaired) electrons. The highest BCUT2D eigenvalue weighted by Crippen LogP contribution is 2.54. The van der Waals surface area contributed by atoms with Gasteiger partial charge in [0.2, 0.25) is 0 Å². The van der Waals surface area contributed by atoms with Crippen molar-refractivity contribution >= 4 is 46.4 Å². The van der Waals surface area contributed by atoms with E-state index in [0.29, 0.717) is 4.90 Å². The summed E-state index contributed by atoms with van der Waals surface area (Å²) in [4.78, 5) is 26.0. The molecule has 0 saturated heterocycles. The smallest absolute Gasteiger partial charge is 0.319 e. The molecular weight excluding hydrogens is 597 g/mol. The minimum atomic E-state index is -6.48. The second-order valence-electron chi connectivity index (χ2n) is 7.98. The first-order chi connectivity index (χ1) is 18.5. The van der Waals surface area contributed by atoms with E-state index in [2.05, 4.69) is 5.32 Å². The van der Waals surface area contributed by atoms with E-state index in [1.807, 2.05) is 0 Å². The molecule has 0 aromatic heterocycles. The molecule has 0 spiro atoms. The molecule has 1 N–H and O–H groups in total. The number of nitrogens with one attached hydrogen (secondary N) is 1. The lowest BCUT2D eigenvalue weighted by molar-refractivity contribution is -0.348. The van der Waals surface area contributed by atoms with Crippen molar-refractivity contribution in [3.8, 4) is 6.07 Å². The van der Waals surface area contributed by atoms with E-state index in [9.17, 15) is 45.6 Å². The Morgan fingerprint density at radius 3 is 1.93 bits per heavy atom. The van der Waals surface area contributed by atoms with Crippen LogP contribution in [0, 0.1) is 17.1 Å². The summed E-state index contributed by atoms with van der Waals surface area (Å²) < 4.78 is 109. The number of anilines is 2. The summed E-state index contributed by atoms with van der Waals surface area (Å²) >= 11 is 11.7. The Morgan fingerprint density at radius 2 is 1.43 bits per heavy atom. The molecule has 0 aliphatic heterocycles. The Kier molecular flexibility index (Phi) is 8.66. The van der Waals surface area contributed by atoms with Crippen molar-refractivity contribution in [2.24, 2.45) is 0 Å². The standard InChI is InChI=1S/C25H13Cl2F8N3O2/c26-16-11-14(23(29,24(30,31)32)25(33,34)35)12-17(27)20(16)38(10-9-36)22(40)15-7-4-8-18(19(15)28)37-21(39)13-5-2-1-3-6-13/h1-8,11-12H,10H2,(H,37,39). The van der Waals surface area contributed by atoms with Crippen LogP contribution in [0.4, 0.5) is 46.5 Å². The predicted octanol–water partition coefficient (Wildman–Crippen LogP) is 7.84. The molecule has 0 heterocycles. The zero-order valence-corrected chi connectivity index (χ0v) is 21.0. The van der Waals surface area contributed by atoms with Gasteiger partial charge in [-0.2, -0.15) is 31.6 Å². The number of halogens is 10. The minimum absolute atomic E-state index is 0.0474. The van der Waals surface area contributed by atoms with Crippen LogP contribution in [-0.2, 0) is 5.67 Å². The lowest BCUT2D eigenvalue weighted by atomic mass is 9.93. The van der Waals surface area contributed by atoms with Crippen molar-refractivity contribution in [3.63, 3.8) is 0 Å². The second kappa shape index (κ2) is 11.3. The summed E-state index contributed by atoms with van der Waals surface area (Å²) in [5, 5.41) is 9.31. The molecule has 40 heavy (non-hydrogen) atoms. The van der Waals surface area contributed by atoms with Crippen molar-refractivity contribution in [1.82, 2.24) is 0 Å². The van der Waals surface area contributed by atoms with E-state index < -0.39 is 74.7 Å². The van der Waals surface area contributed by atoms with Crippen molar-refractivity contribution in [2.45, 2.75) is 18.0 Å². The molecule has 15 heteroatoms. The maximum absolute atomic E-state index is 15.3. The van der Waals surface area contributed by atoms with Crippen LogP contribution >= 0.6 is 23.2 Å². The van der Waals surface area contributed by atoms with Gasteiger partial charge in [0.15, 0.2) is 5.82 Å². The molecule has 0 bridgehead atoms. The van der Waals surface area contributed by atoms with Crippen LogP contribution in [-0.4, -0.2) is 30.7 Å². The molecule has 3 aromatic carbocycles. The molecule has 0 aliphatic rings. The van der Waals surface area contributed by atoms with Gasteiger partial charge in [0.1, 0.15) is 6.54 Å². The fourth-order valence-electron chi connectivity index (χ4n) is 3.56. The van der Waals surface area contributed by atoms with Gasteiger partial charge in [0.05, 0.1) is 33.1 Å². The highest BCUT2D eigenvalue weighted by Gasteiger charge is 2.73. The van der Waals surface area contributed by atoms with Crippen LogP contribution in [0.25, 0.3) is 0 Å². The van der Waals surface area contributed by atoms with Gasteiger partial charge in [0.25, 0.3) is 11.8 Å². The van der Waals surface area contributed by atoms with Gasteiger partial charge in [-0.05, 0) is 36.4 Å². The Labute approximate surface area is 230 Å². The number of rotatable bonds is 6. The molecule has 0 aliphatic carbocycles. The highest BCUT2D eigenvalue weighted by molar-refractivity contribution is 6.40. The lowest BCUT2D eigenvalue weighted by Crippen LogP contribution is -2.50. The third kappa shape index (κ3) is 5.68. The van der Waals surface area contributed by atoms with Gasteiger partial charge in [-0.15, -0.1) is 0 Å². The Hall–Kier alpha value is -3.89. The molecule has 5 nitrogen and oxygen atoms in total. The normalized spacial score (nSPS) is 12.0. The van der Waals surface area contributed by atoms with E-state index in [-0.39, 0.29) is 17.7 Å². The first-order valence-electron chi connectivity index (χ1n) is 10.7. The summed E-state index contributed by atoms with van der Waals surface area (Å²) in [6, 6.07) is 12.2. The van der Waals surface area contributed by atoms with Crippen LogP contribution in [0.2, 0.25) is 10.0 Å². The average Bonchev–Trinajstić information content (AvgIpc) is 2.87.